The third-order valence-corrected chi connectivity index (χ3v) is 4.49. The Kier molecular flexibility index (Phi) is 4.93. The van der Waals surface area contributed by atoms with Gasteiger partial charge in [-0.05, 0) is 24.8 Å². The summed E-state index contributed by atoms with van der Waals surface area (Å²) in [5, 5.41) is 13.0. The molecule has 1 fully saturated rings. The molecule has 0 saturated carbocycles. The molecule has 3 rings (SSSR count). The highest BCUT2D eigenvalue weighted by atomic mass is 16.2. The van der Waals surface area contributed by atoms with E-state index in [4.69, 9.17) is 5.26 Å². The maximum absolute atomic E-state index is 12.4. The summed E-state index contributed by atoms with van der Waals surface area (Å²) in [6, 6.07) is 3.65. The average molecular weight is 339 g/mol. The van der Waals surface area contributed by atoms with Gasteiger partial charge in [0.2, 0.25) is 5.95 Å². The van der Waals surface area contributed by atoms with Crippen molar-refractivity contribution in [3.8, 4) is 6.07 Å². The topological polar surface area (TPSA) is 90.9 Å². The predicted molar refractivity (Wildman–Crippen MR) is 91.9 cm³/mol. The highest BCUT2D eigenvalue weighted by molar-refractivity contribution is 5.93. The highest BCUT2D eigenvalue weighted by Crippen LogP contribution is 2.21. The number of hydrogen-bond donors (Lipinski definition) is 0. The maximum atomic E-state index is 12.4. The monoisotopic (exact) mass is 339 g/mol. The number of amides is 1. The summed E-state index contributed by atoms with van der Waals surface area (Å²) in [5.41, 5.74) is 0.998. The molecule has 1 aliphatic heterocycles. The molecule has 0 spiro atoms. The van der Waals surface area contributed by atoms with E-state index < -0.39 is 0 Å². The molecule has 1 saturated heterocycles. The van der Waals surface area contributed by atoms with Crippen LogP contribution < -0.4 is 4.90 Å². The van der Waals surface area contributed by atoms with E-state index in [1.54, 1.807) is 41.3 Å². The summed E-state index contributed by atoms with van der Waals surface area (Å²) in [6.07, 6.45) is 6.88. The number of carbonyl (C=O) groups excluding carboxylic acids is 1. The first kappa shape index (κ1) is 16.9. The molecule has 0 aromatic carbocycles. The smallest absolute Gasteiger partial charge is 0.256 e. The van der Waals surface area contributed by atoms with Crippen LogP contribution in [-0.2, 0) is 7.05 Å². The molecule has 25 heavy (non-hydrogen) atoms. The van der Waals surface area contributed by atoms with Crippen molar-refractivity contribution in [2.45, 2.75) is 12.8 Å². The lowest BCUT2D eigenvalue weighted by molar-refractivity contribution is 0.0764. The van der Waals surface area contributed by atoms with Crippen molar-refractivity contribution in [1.82, 2.24) is 24.6 Å². The van der Waals surface area contributed by atoms with Crippen LogP contribution >= 0.6 is 0 Å². The van der Waals surface area contributed by atoms with Gasteiger partial charge in [-0.25, -0.2) is 9.97 Å². The van der Waals surface area contributed by atoms with Gasteiger partial charge >= 0.3 is 0 Å². The summed E-state index contributed by atoms with van der Waals surface area (Å²) in [6.45, 7) is 2.38. The van der Waals surface area contributed by atoms with Gasteiger partial charge in [0.05, 0.1) is 11.8 Å². The number of nitrogens with zero attached hydrogens (tertiary/aromatic N) is 7. The van der Waals surface area contributed by atoms with Gasteiger partial charge in [-0.2, -0.15) is 10.4 Å². The van der Waals surface area contributed by atoms with E-state index in [0.717, 1.165) is 32.5 Å². The number of aromatic nitrogens is 4. The summed E-state index contributed by atoms with van der Waals surface area (Å²) in [4.78, 5) is 24.8. The SMILES string of the molecule is CN(CC1CCN(c2nccc(C#N)n2)CC1)C(=O)c1cnn(C)c1. The fourth-order valence-electron chi connectivity index (χ4n) is 3.10. The van der Waals surface area contributed by atoms with Crippen LogP contribution in [0.1, 0.15) is 28.9 Å². The first-order valence-electron chi connectivity index (χ1n) is 8.29. The fourth-order valence-corrected chi connectivity index (χ4v) is 3.10. The summed E-state index contributed by atoms with van der Waals surface area (Å²) >= 11 is 0. The Bertz CT molecular complexity index is 786. The van der Waals surface area contributed by atoms with E-state index in [1.807, 2.05) is 13.1 Å². The van der Waals surface area contributed by atoms with Gasteiger partial charge in [0.25, 0.3) is 5.91 Å². The zero-order chi connectivity index (χ0) is 17.8. The summed E-state index contributed by atoms with van der Waals surface area (Å²) in [5.74, 6) is 1.05. The zero-order valence-electron chi connectivity index (χ0n) is 14.5. The molecule has 0 aliphatic carbocycles. The van der Waals surface area contributed by atoms with Gasteiger partial charge < -0.3 is 9.80 Å². The van der Waals surface area contributed by atoms with Crippen LogP contribution in [0.5, 0.6) is 0 Å². The molecule has 8 nitrogen and oxygen atoms in total. The second-order valence-corrected chi connectivity index (χ2v) is 6.37. The van der Waals surface area contributed by atoms with E-state index in [2.05, 4.69) is 20.0 Å². The van der Waals surface area contributed by atoms with E-state index >= 15 is 0 Å². The molecular formula is C17H21N7O. The molecule has 0 radical (unpaired) electrons. The maximum Gasteiger partial charge on any atom is 0.256 e. The van der Waals surface area contributed by atoms with Crippen LogP contribution in [0.25, 0.3) is 0 Å². The predicted octanol–water partition coefficient (Wildman–Crippen LogP) is 1.07. The summed E-state index contributed by atoms with van der Waals surface area (Å²) < 4.78 is 1.63. The molecule has 2 aromatic rings. The first-order chi connectivity index (χ1) is 12.1. The Morgan fingerprint density at radius 1 is 1.44 bits per heavy atom. The lowest BCUT2D eigenvalue weighted by Crippen LogP contribution is -2.40. The van der Waals surface area contributed by atoms with E-state index in [-0.39, 0.29) is 5.91 Å². The second-order valence-electron chi connectivity index (χ2n) is 6.37. The van der Waals surface area contributed by atoms with Crippen molar-refractivity contribution >= 4 is 11.9 Å². The Morgan fingerprint density at radius 2 is 2.20 bits per heavy atom. The standard InChI is InChI=1S/C17H21N7O/c1-22(16(25)14-10-20-23(2)12-14)11-13-4-7-24(8-5-13)17-19-6-3-15(9-18)21-17/h3,6,10,12-13H,4-5,7-8,11H2,1-2H3. The number of carbonyl (C=O) groups is 1. The number of hydrogen-bond acceptors (Lipinski definition) is 6. The lowest BCUT2D eigenvalue weighted by Gasteiger charge is -2.33. The first-order valence-corrected chi connectivity index (χ1v) is 8.29. The van der Waals surface area contributed by atoms with Crippen LogP contribution in [0.4, 0.5) is 5.95 Å². The molecule has 2 aromatic heterocycles. The van der Waals surface area contributed by atoms with Crippen LogP contribution in [0.3, 0.4) is 0 Å². The molecule has 8 heteroatoms. The molecule has 0 N–H and O–H groups in total. The minimum atomic E-state index is 0.000541. The molecule has 0 bridgehead atoms. The number of aryl methyl sites for hydroxylation is 1. The van der Waals surface area contributed by atoms with Gasteiger partial charge in [0.1, 0.15) is 11.8 Å². The Hall–Kier alpha value is -2.95. The minimum absolute atomic E-state index is 0.000541. The molecular weight excluding hydrogens is 318 g/mol. The van der Waals surface area contributed by atoms with Gasteiger partial charge in [-0.3, -0.25) is 9.48 Å². The third-order valence-electron chi connectivity index (χ3n) is 4.49. The summed E-state index contributed by atoms with van der Waals surface area (Å²) in [7, 11) is 3.64. The Morgan fingerprint density at radius 3 is 2.84 bits per heavy atom. The van der Waals surface area contributed by atoms with Crippen molar-refractivity contribution in [3.05, 3.63) is 35.9 Å². The quantitative estimate of drug-likeness (QED) is 0.827. The van der Waals surface area contributed by atoms with Crippen LogP contribution in [0.2, 0.25) is 0 Å². The molecule has 1 amide bonds. The molecule has 0 atom stereocenters. The molecule has 3 heterocycles. The van der Waals surface area contributed by atoms with Crippen LogP contribution in [0.15, 0.2) is 24.7 Å². The van der Waals surface area contributed by atoms with Crippen molar-refractivity contribution in [3.63, 3.8) is 0 Å². The molecule has 0 unspecified atom stereocenters. The van der Waals surface area contributed by atoms with Crippen molar-refractivity contribution in [1.29, 1.82) is 5.26 Å². The van der Waals surface area contributed by atoms with E-state index in [1.165, 1.54) is 0 Å². The molecule has 1 aliphatic rings. The number of nitriles is 1. The Balaban J connectivity index is 1.53. The number of anilines is 1. The molecule has 130 valence electrons. The van der Waals surface area contributed by atoms with Gasteiger partial charge in [-0.15, -0.1) is 0 Å². The number of piperidine rings is 1. The largest absolute Gasteiger partial charge is 0.341 e. The van der Waals surface area contributed by atoms with Crippen LogP contribution in [0, 0.1) is 17.2 Å². The van der Waals surface area contributed by atoms with E-state index in [0.29, 0.717) is 23.1 Å². The van der Waals surface area contributed by atoms with Gasteiger partial charge in [0, 0.05) is 46.1 Å². The highest BCUT2D eigenvalue weighted by Gasteiger charge is 2.24. The lowest BCUT2D eigenvalue weighted by atomic mass is 9.96. The fraction of sp³-hybridized carbons (Fsp3) is 0.471. The number of rotatable bonds is 4. The van der Waals surface area contributed by atoms with Crippen LogP contribution in [-0.4, -0.2) is 57.2 Å². The van der Waals surface area contributed by atoms with Crippen molar-refractivity contribution < 1.29 is 4.79 Å². The minimum Gasteiger partial charge on any atom is -0.341 e. The Labute approximate surface area is 146 Å². The second kappa shape index (κ2) is 7.30. The zero-order valence-corrected chi connectivity index (χ0v) is 14.5. The van der Waals surface area contributed by atoms with Gasteiger partial charge in [-0.1, -0.05) is 0 Å². The normalized spacial score (nSPS) is 15.0. The van der Waals surface area contributed by atoms with Crippen molar-refractivity contribution in [2.75, 3.05) is 31.6 Å². The van der Waals surface area contributed by atoms with E-state index in [9.17, 15) is 4.79 Å². The van der Waals surface area contributed by atoms with Crippen molar-refractivity contribution in [2.24, 2.45) is 13.0 Å². The third kappa shape index (κ3) is 3.94. The average Bonchev–Trinajstić information content (AvgIpc) is 3.08. The van der Waals surface area contributed by atoms with Gasteiger partial charge in [0.15, 0.2) is 0 Å².